The molecule has 1 fully saturated rings. The first-order chi connectivity index (χ1) is 17.7. The summed E-state index contributed by atoms with van der Waals surface area (Å²) in [6, 6.07) is 9.32. The summed E-state index contributed by atoms with van der Waals surface area (Å²) >= 11 is 0. The molecule has 0 aromatic heterocycles. The number of amides is 2. The molecule has 1 saturated heterocycles. The van der Waals surface area contributed by atoms with E-state index in [-0.39, 0.29) is 135 Å². The summed E-state index contributed by atoms with van der Waals surface area (Å²) in [6.07, 6.45) is 4.42. The minimum atomic E-state index is -0.762. The number of hydrogen-bond acceptors (Lipinski definition) is 6. The van der Waals surface area contributed by atoms with E-state index in [0.29, 0.717) is 18.9 Å². The molecule has 1 heterocycles. The Morgan fingerprint density at radius 2 is 1.77 bits per heavy atom. The second-order valence-corrected chi connectivity index (χ2v) is 10.4. The first kappa shape index (κ1) is 43.2. The Morgan fingerprint density at radius 1 is 1.15 bits per heavy atom. The minimum absolute atomic E-state index is 0. The van der Waals surface area contributed by atoms with Crippen molar-refractivity contribution in [1.29, 1.82) is 0 Å². The van der Waals surface area contributed by atoms with Gasteiger partial charge in [0.1, 0.15) is 0 Å². The van der Waals surface area contributed by atoms with E-state index in [2.05, 4.69) is 30.1 Å². The van der Waals surface area contributed by atoms with Crippen LogP contribution in [0.4, 0.5) is 0 Å². The molecule has 0 spiro atoms. The Labute approximate surface area is 317 Å². The largest absolute Gasteiger partial charge is 0.540 e. The molecule has 0 bridgehead atoms. The van der Waals surface area contributed by atoms with E-state index in [1.165, 1.54) is 0 Å². The number of nitrogens with one attached hydrogen (secondary N) is 1. The van der Waals surface area contributed by atoms with Crippen molar-refractivity contribution in [3.05, 3.63) is 35.9 Å². The predicted molar refractivity (Wildman–Crippen MR) is 144 cm³/mol. The molecule has 217 valence electrons. The van der Waals surface area contributed by atoms with Gasteiger partial charge in [-0.05, 0) is 32.9 Å². The molecule has 1 aliphatic heterocycles. The fourth-order valence-electron chi connectivity index (χ4n) is 5.59. The number of ether oxygens (including phenoxy) is 2. The molecule has 7 atom stereocenters. The number of likely N-dealkylation sites (N-methyl/N-ethyl adjacent to an activating group) is 1. The molecule has 2 amide bonds. The van der Waals surface area contributed by atoms with Crippen molar-refractivity contribution >= 4 is 18.1 Å². The number of hydrogen-bond donors (Lipinski definition) is 1. The van der Waals surface area contributed by atoms with Gasteiger partial charge >= 0.3 is 0 Å². The molecule has 3 radical (unpaired) electrons. The van der Waals surface area contributed by atoms with Crippen molar-refractivity contribution in [2.24, 2.45) is 11.8 Å². The Hall–Kier alpha value is 1.02. The molecular weight excluding hydrogens is 737 g/mol. The maximum atomic E-state index is 13.5. The Bertz CT molecular complexity index is 865. The molecule has 11 heteroatoms. The zero-order valence-corrected chi connectivity index (χ0v) is 33.8. The fraction of sp³-hybridized carbons (Fsp3) is 0.690. The van der Waals surface area contributed by atoms with Crippen molar-refractivity contribution in [1.82, 2.24) is 15.1 Å². The molecule has 40 heavy (non-hydrogen) atoms. The van der Waals surface area contributed by atoms with Gasteiger partial charge in [0.15, 0.2) is 0 Å². The smallest absolute Gasteiger partial charge is 0.225 e. The quantitative estimate of drug-likeness (QED) is 0.276. The van der Waals surface area contributed by atoms with Crippen molar-refractivity contribution in [3.63, 3.8) is 0 Å². The maximum Gasteiger partial charge on any atom is 0.225 e. The molecular formula is C29H45N3O5Y3-2. The second-order valence-electron chi connectivity index (χ2n) is 10.4. The van der Waals surface area contributed by atoms with Gasteiger partial charge in [0.2, 0.25) is 11.8 Å². The summed E-state index contributed by atoms with van der Waals surface area (Å²) in [4.78, 5) is 42.2. The summed E-state index contributed by atoms with van der Waals surface area (Å²) in [5.74, 6) is -0.467. The number of carbonyl (C=O) groups excluding carboxylic acids is 3. The van der Waals surface area contributed by atoms with Gasteiger partial charge in [-0.3, -0.25) is 9.59 Å². The topological polar surface area (TPSA) is 88.2 Å². The average molecular weight is 782 g/mol. The van der Waals surface area contributed by atoms with E-state index >= 15 is 0 Å². The Morgan fingerprint density at radius 3 is 2.27 bits per heavy atom. The van der Waals surface area contributed by atoms with Crippen molar-refractivity contribution in [2.45, 2.75) is 83.2 Å². The third-order valence-electron chi connectivity index (χ3n) is 7.75. The van der Waals surface area contributed by atoms with E-state index in [4.69, 9.17) is 9.47 Å². The first-order valence-electron chi connectivity index (χ1n) is 13.3. The van der Waals surface area contributed by atoms with Crippen molar-refractivity contribution < 1.29 is 122 Å². The number of rotatable bonds is 15. The standard InChI is InChI=1S/C29H45N3O5.3Y/c1-8-20(2)27(31(4)5)25(36-6)18-26(34)32-16-12-15-24(32)28(37-7)21(3)29(35)30-23(19-33)17-22-13-10-9-11-14-22;;;/h10-11,13-14,20-21,23-25,27-28H,8,12,15-18H2,1-7H3,(H,30,35);;;/q-2;;;/t20?,21-,23+,24+,25?,27+,28-;;;/m1.../s1. The van der Waals surface area contributed by atoms with Crippen LogP contribution in [0.1, 0.15) is 52.0 Å². The second kappa shape index (κ2) is 22.5. The van der Waals surface area contributed by atoms with E-state index in [1.54, 1.807) is 33.3 Å². The predicted octanol–water partition coefficient (Wildman–Crippen LogP) is 2.64. The van der Waals surface area contributed by atoms with Gasteiger partial charge in [-0.25, -0.2) is 6.29 Å². The summed E-state index contributed by atoms with van der Waals surface area (Å²) in [5.41, 5.74) is 0.914. The molecule has 1 aromatic rings. The van der Waals surface area contributed by atoms with Crippen LogP contribution in [0.25, 0.3) is 0 Å². The number of nitrogens with zero attached hydrogens (tertiary/aromatic N) is 2. The number of methoxy groups -OCH3 is 2. The summed E-state index contributed by atoms with van der Waals surface area (Å²) in [5, 5.41) is 2.80. The molecule has 1 aromatic carbocycles. The van der Waals surface area contributed by atoms with Crippen LogP contribution in [0.3, 0.4) is 0 Å². The van der Waals surface area contributed by atoms with Crippen LogP contribution in [-0.2, 0) is 128 Å². The third kappa shape index (κ3) is 12.6. The van der Waals surface area contributed by atoms with Gasteiger partial charge in [0.25, 0.3) is 0 Å². The first-order valence-corrected chi connectivity index (χ1v) is 13.3. The van der Waals surface area contributed by atoms with Gasteiger partial charge in [-0.15, -0.1) is 0 Å². The summed E-state index contributed by atoms with van der Waals surface area (Å²) in [7, 11) is 7.28. The minimum Gasteiger partial charge on any atom is -0.540 e. The zero-order valence-electron chi connectivity index (χ0n) is 25.3. The summed E-state index contributed by atoms with van der Waals surface area (Å²) in [6.45, 7) is 6.74. The zero-order chi connectivity index (χ0) is 27.5. The van der Waals surface area contributed by atoms with Crippen molar-refractivity contribution in [2.75, 3.05) is 34.9 Å². The molecule has 2 unspecified atom stereocenters. The van der Waals surface area contributed by atoms with E-state index in [9.17, 15) is 14.4 Å². The van der Waals surface area contributed by atoms with Crippen LogP contribution >= 0.6 is 0 Å². The van der Waals surface area contributed by atoms with Crippen LogP contribution in [0.5, 0.6) is 0 Å². The molecule has 0 aliphatic carbocycles. The van der Waals surface area contributed by atoms with Crippen molar-refractivity contribution in [3.8, 4) is 0 Å². The number of likely N-dealkylation sites (tertiary alicyclic amines) is 1. The SMILES string of the molecule is CCC(C)[C@@H](C(CC(=O)N1CCC[C@H]1[C@H](OC)[C@@H](C)C(=O)N[C@H]([C-]=O)Cc1cc[c-]cc1)OC)N(C)C.[Y].[Y].[Y]. The van der Waals surface area contributed by atoms with Gasteiger partial charge < -0.3 is 29.4 Å². The Balaban J connectivity index is 0. The van der Waals surface area contributed by atoms with Gasteiger partial charge in [0.05, 0.1) is 30.6 Å². The number of benzene rings is 1. The van der Waals surface area contributed by atoms with Crippen LogP contribution in [0, 0.1) is 17.9 Å². The van der Waals surface area contributed by atoms with E-state index < -0.39 is 18.1 Å². The molecule has 8 nitrogen and oxygen atoms in total. The molecule has 0 saturated carbocycles. The average Bonchev–Trinajstić information content (AvgIpc) is 3.37. The van der Waals surface area contributed by atoms with Gasteiger partial charge in [-0.2, -0.15) is 35.9 Å². The third-order valence-corrected chi connectivity index (χ3v) is 7.75. The van der Waals surface area contributed by atoms with Crippen LogP contribution < -0.4 is 5.32 Å². The Kier molecular flexibility index (Phi) is 24.3. The van der Waals surface area contributed by atoms with Crippen LogP contribution in [0.2, 0.25) is 0 Å². The van der Waals surface area contributed by atoms with Crippen LogP contribution in [0.15, 0.2) is 24.3 Å². The molecule has 1 N–H and O–H groups in total. The fourth-order valence-corrected chi connectivity index (χ4v) is 5.59. The van der Waals surface area contributed by atoms with E-state index in [0.717, 1.165) is 24.8 Å². The summed E-state index contributed by atoms with van der Waals surface area (Å²) < 4.78 is 11.6. The monoisotopic (exact) mass is 782 g/mol. The van der Waals surface area contributed by atoms with E-state index in [1.807, 2.05) is 37.4 Å². The van der Waals surface area contributed by atoms with Gasteiger partial charge in [0, 0.05) is 125 Å². The molecule has 1 aliphatic rings. The normalized spacial score (nSPS) is 19.1. The molecule has 2 rings (SSSR count). The van der Waals surface area contributed by atoms with Crippen LogP contribution in [-0.4, -0.2) is 93.1 Å². The maximum absolute atomic E-state index is 13.5. The van der Waals surface area contributed by atoms with Gasteiger partial charge in [-0.1, -0.05) is 39.7 Å². The number of carbonyl (C=O) groups is 2.